The lowest BCUT2D eigenvalue weighted by molar-refractivity contribution is 0.102. The topological polar surface area (TPSA) is 58.1 Å². The van der Waals surface area contributed by atoms with E-state index in [0.717, 1.165) is 31.4 Å². The summed E-state index contributed by atoms with van der Waals surface area (Å²) in [4.78, 5) is 24.1. The summed E-state index contributed by atoms with van der Waals surface area (Å²) in [5, 5.41) is 2.78. The van der Waals surface area contributed by atoms with Gasteiger partial charge in [-0.2, -0.15) is 0 Å². The van der Waals surface area contributed by atoms with E-state index < -0.39 is 0 Å². The molecule has 0 spiro atoms. The number of aromatic nitrogens is 2. The molecule has 0 saturated carbocycles. The first-order valence-corrected chi connectivity index (χ1v) is 8.29. The van der Waals surface area contributed by atoms with Crippen LogP contribution in [-0.4, -0.2) is 29.0 Å². The fourth-order valence-corrected chi connectivity index (χ4v) is 3.02. The second-order valence-electron chi connectivity index (χ2n) is 6.04. The Kier molecular flexibility index (Phi) is 4.01. The summed E-state index contributed by atoms with van der Waals surface area (Å²) >= 11 is 0. The molecule has 0 unspecified atom stereocenters. The lowest BCUT2D eigenvalue weighted by atomic mass is 10.2. The number of hydrogen-bond acceptors (Lipinski definition) is 4. The van der Waals surface area contributed by atoms with Gasteiger partial charge in [0, 0.05) is 18.8 Å². The number of rotatable bonds is 3. The van der Waals surface area contributed by atoms with Gasteiger partial charge in [-0.3, -0.25) is 4.79 Å². The van der Waals surface area contributed by atoms with Gasteiger partial charge in [-0.25, -0.2) is 14.4 Å². The first kappa shape index (κ1) is 15.5. The summed E-state index contributed by atoms with van der Waals surface area (Å²) in [5.74, 6) is -0.0798. The standard InChI is InChI=1S/C19H17FN4O/c20-13-7-9-14(10-8-13)21-19(25)17-18(24-11-3-4-12-24)23-16-6-2-1-5-15(16)22-17/h1-2,5-10H,3-4,11-12H2,(H,21,25). The Morgan fingerprint density at radius 2 is 1.60 bits per heavy atom. The maximum atomic E-state index is 13.0. The van der Waals surface area contributed by atoms with Crippen molar-refractivity contribution >= 4 is 28.4 Å². The van der Waals surface area contributed by atoms with E-state index in [9.17, 15) is 9.18 Å². The number of anilines is 2. The minimum absolute atomic E-state index is 0.296. The van der Waals surface area contributed by atoms with Gasteiger partial charge in [0.15, 0.2) is 11.5 Å². The van der Waals surface area contributed by atoms with Crippen molar-refractivity contribution in [3.05, 3.63) is 60.0 Å². The number of nitrogens with zero attached hydrogens (tertiary/aromatic N) is 3. The average Bonchev–Trinajstić information content (AvgIpc) is 3.17. The van der Waals surface area contributed by atoms with E-state index in [4.69, 9.17) is 0 Å². The number of nitrogens with one attached hydrogen (secondary N) is 1. The van der Waals surface area contributed by atoms with Gasteiger partial charge in [-0.05, 0) is 49.2 Å². The third-order valence-electron chi connectivity index (χ3n) is 4.27. The predicted molar refractivity (Wildman–Crippen MR) is 95.3 cm³/mol. The predicted octanol–water partition coefficient (Wildman–Crippen LogP) is 3.62. The largest absolute Gasteiger partial charge is 0.355 e. The molecule has 2 heterocycles. The zero-order valence-corrected chi connectivity index (χ0v) is 13.6. The van der Waals surface area contributed by atoms with Crippen molar-refractivity contribution in [2.24, 2.45) is 0 Å². The quantitative estimate of drug-likeness (QED) is 0.794. The maximum Gasteiger partial charge on any atom is 0.278 e. The summed E-state index contributed by atoms with van der Waals surface area (Å²) in [6, 6.07) is 13.2. The van der Waals surface area contributed by atoms with E-state index in [1.165, 1.54) is 24.3 Å². The molecule has 6 heteroatoms. The molecule has 3 aromatic rings. The fourth-order valence-electron chi connectivity index (χ4n) is 3.02. The summed E-state index contributed by atoms with van der Waals surface area (Å²) in [7, 11) is 0. The number of benzene rings is 2. The molecule has 1 fully saturated rings. The van der Waals surface area contributed by atoms with E-state index in [1.54, 1.807) is 0 Å². The van der Waals surface area contributed by atoms with Crippen LogP contribution in [0.15, 0.2) is 48.5 Å². The zero-order chi connectivity index (χ0) is 17.2. The van der Waals surface area contributed by atoms with Gasteiger partial charge in [0.2, 0.25) is 0 Å². The van der Waals surface area contributed by atoms with E-state index in [0.29, 0.717) is 22.7 Å². The van der Waals surface area contributed by atoms with E-state index in [-0.39, 0.29) is 11.7 Å². The van der Waals surface area contributed by atoms with Gasteiger partial charge in [0.05, 0.1) is 11.0 Å². The van der Waals surface area contributed by atoms with Crippen LogP contribution in [0.25, 0.3) is 11.0 Å². The molecule has 0 radical (unpaired) electrons. The molecule has 25 heavy (non-hydrogen) atoms. The third-order valence-corrected chi connectivity index (χ3v) is 4.27. The van der Waals surface area contributed by atoms with Gasteiger partial charge >= 0.3 is 0 Å². The molecule has 1 N–H and O–H groups in total. The molecule has 0 bridgehead atoms. The second-order valence-corrected chi connectivity index (χ2v) is 6.04. The SMILES string of the molecule is O=C(Nc1ccc(F)cc1)c1nc2ccccc2nc1N1CCCC1. The Labute approximate surface area is 144 Å². The minimum atomic E-state index is -0.346. The molecule has 1 aliphatic rings. The summed E-state index contributed by atoms with van der Waals surface area (Å²) < 4.78 is 13.0. The Bertz CT molecular complexity index is 920. The van der Waals surface area contributed by atoms with Crippen LogP contribution in [0.1, 0.15) is 23.3 Å². The molecule has 2 aromatic carbocycles. The van der Waals surface area contributed by atoms with Crippen LogP contribution < -0.4 is 10.2 Å². The highest BCUT2D eigenvalue weighted by molar-refractivity contribution is 6.07. The first-order valence-electron chi connectivity index (χ1n) is 8.29. The van der Waals surface area contributed by atoms with Gasteiger partial charge < -0.3 is 10.2 Å². The summed E-state index contributed by atoms with van der Waals surface area (Å²) in [6.07, 6.45) is 2.15. The average molecular weight is 336 g/mol. The van der Waals surface area contributed by atoms with Crippen LogP contribution in [0.4, 0.5) is 15.9 Å². The number of para-hydroxylation sites is 2. The zero-order valence-electron chi connectivity index (χ0n) is 13.6. The Morgan fingerprint density at radius 1 is 0.960 bits per heavy atom. The highest BCUT2D eigenvalue weighted by Crippen LogP contribution is 2.25. The van der Waals surface area contributed by atoms with E-state index in [1.807, 2.05) is 24.3 Å². The van der Waals surface area contributed by atoms with E-state index >= 15 is 0 Å². The van der Waals surface area contributed by atoms with Crippen molar-refractivity contribution in [3.63, 3.8) is 0 Å². The molecule has 5 nitrogen and oxygen atoms in total. The van der Waals surface area contributed by atoms with Crippen molar-refractivity contribution in [2.75, 3.05) is 23.3 Å². The number of hydrogen-bond donors (Lipinski definition) is 1. The normalized spacial score (nSPS) is 14.0. The van der Waals surface area contributed by atoms with Crippen LogP contribution in [0, 0.1) is 5.82 Å². The monoisotopic (exact) mass is 336 g/mol. The van der Waals surface area contributed by atoms with Crippen molar-refractivity contribution in [3.8, 4) is 0 Å². The molecule has 0 aliphatic carbocycles. The fraction of sp³-hybridized carbons (Fsp3) is 0.211. The Hall–Kier alpha value is -3.02. The van der Waals surface area contributed by atoms with E-state index in [2.05, 4.69) is 20.2 Å². The molecular formula is C19H17FN4O. The molecule has 126 valence electrons. The number of fused-ring (bicyclic) bond motifs is 1. The Balaban J connectivity index is 1.74. The number of amides is 1. The van der Waals surface area contributed by atoms with Gasteiger partial charge in [0.25, 0.3) is 5.91 Å². The molecule has 0 atom stereocenters. The second kappa shape index (κ2) is 6.47. The van der Waals surface area contributed by atoms with Crippen molar-refractivity contribution in [2.45, 2.75) is 12.8 Å². The molecule has 1 aromatic heterocycles. The smallest absolute Gasteiger partial charge is 0.278 e. The number of halogens is 1. The van der Waals surface area contributed by atoms with Crippen molar-refractivity contribution in [1.82, 2.24) is 9.97 Å². The highest BCUT2D eigenvalue weighted by atomic mass is 19.1. The Morgan fingerprint density at radius 3 is 2.28 bits per heavy atom. The minimum Gasteiger partial charge on any atom is -0.355 e. The molecule has 1 saturated heterocycles. The van der Waals surface area contributed by atoms with Crippen LogP contribution >= 0.6 is 0 Å². The van der Waals surface area contributed by atoms with Gasteiger partial charge in [0.1, 0.15) is 5.82 Å². The van der Waals surface area contributed by atoms with Gasteiger partial charge in [-0.15, -0.1) is 0 Å². The van der Waals surface area contributed by atoms with Crippen LogP contribution in [0.5, 0.6) is 0 Å². The van der Waals surface area contributed by atoms with Gasteiger partial charge in [-0.1, -0.05) is 12.1 Å². The third kappa shape index (κ3) is 3.15. The van der Waals surface area contributed by atoms with Crippen molar-refractivity contribution < 1.29 is 9.18 Å². The van der Waals surface area contributed by atoms with Crippen molar-refractivity contribution in [1.29, 1.82) is 0 Å². The number of carbonyl (C=O) groups excluding carboxylic acids is 1. The maximum absolute atomic E-state index is 13.0. The van der Waals surface area contributed by atoms with Crippen LogP contribution in [-0.2, 0) is 0 Å². The molecule has 4 rings (SSSR count). The lowest BCUT2D eigenvalue weighted by Crippen LogP contribution is -2.25. The molecular weight excluding hydrogens is 319 g/mol. The highest BCUT2D eigenvalue weighted by Gasteiger charge is 2.23. The first-order chi connectivity index (χ1) is 12.2. The summed E-state index contributed by atoms with van der Waals surface area (Å²) in [5.41, 5.74) is 2.26. The molecule has 1 aliphatic heterocycles. The lowest BCUT2D eigenvalue weighted by Gasteiger charge is -2.19. The van der Waals surface area contributed by atoms with Crippen LogP contribution in [0.2, 0.25) is 0 Å². The summed E-state index contributed by atoms with van der Waals surface area (Å²) in [6.45, 7) is 1.73. The number of carbonyl (C=O) groups is 1. The molecule has 1 amide bonds. The van der Waals surface area contributed by atoms with Crippen LogP contribution in [0.3, 0.4) is 0 Å².